The van der Waals surface area contributed by atoms with Crippen LogP contribution >= 0.6 is 11.6 Å². The molecule has 1 aliphatic rings. The minimum atomic E-state index is 0.223. The van der Waals surface area contributed by atoms with Gasteiger partial charge < -0.3 is 4.90 Å². The van der Waals surface area contributed by atoms with Crippen LogP contribution in [-0.4, -0.2) is 30.3 Å². The second-order valence-corrected chi connectivity index (χ2v) is 5.45. The Hall–Kier alpha value is -0.860. The normalized spacial score (nSPS) is 16.8. The van der Waals surface area contributed by atoms with E-state index < -0.39 is 0 Å². The number of carbonyl (C=O) groups excluding carboxylic acids is 1. The molecule has 0 amide bonds. The number of hydrogen-bond donors (Lipinski definition) is 0. The number of halogens is 1. The molecule has 0 saturated carbocycles. The summed E-state index contributed by atoms with van der Waals surface area (Å²) in [4.78, 5) is 14.5. The number of ketones is 1. The van der Waals surface area contributed by atoms with Gasteiger partial charge in [0.05, 0.1) is 0 Å². The summed E-state index contributed by atoms with van der Waals surface area (Å²) in [5, 5.41) is 0.725. The van der Waals surface area contributed by atoms with E-state index in [-0.39, 0.29) is 5.78 Å². The maximum absolute atomic E-state index is 12.1. The molecule has 1 heterocycles. The molecule has 1 aromatic carbocycles. The Labute approximate surface area is 114 Å². The van der Waals surface area contributed by atoms with Crippen LogP contribution in [0, 0.1) is 6.92 Å². The predicted octanol–water partition coefficient (Wildman–Crippen LogP) is 3.71. The van der Waals surface area contributed by atoms with Gasteiger partial charge in [0.15, 0.2) is 5.78 Å². The molecule has 0 atom stereocenters. The Morgan fingerprint density at radius 3 is 2.67 bits per heavy atom. The largest absolute Gasteiger partial charge is 0.303 e. The van der Waals surface area contributed by atoms with Crippen molar-refractivity contribution in [2.45, 2.75) is 32.6 Å². The topological polar surface area (TPSA) is 20.3 Å². The first-order chi connectivity index (χ1) is 8.66. The van der Waals surface area contributed by atoms with E-state index >= 15 is 0 Å². The lowest BCUT2D eigenvalue weighted by molar-refractivity contribution is 0.0958. The van der Waals surface area contributed by atoms with Gasteiger partial charge in [-0.05, 0) is 56.6 Å². The van der Waals surface area contributed by atoms with Gasteiger partial charge in [-0.2, -0.15) is 0 Å². The second kappa shape index (κ2) is 6.35. The smallest absolute Gasteiger partial charge is 0.164 e. The van der Waals surface area contributed by atoms with Crippen LogP contribution in [0.5, 0.6) is 0 Å². The number of Topliss-reactive ketones (excluding diaryl/α,β-unsaturated/α-hetero) is 1. The van der Waals surface area contributed by atoms with E-state index in [1.807, 2.05) is 25.1 Å². The lowest BCUT2D eigenvalue weighted by atomic mass is 10.0. The zero-order valence-electron chi connectivity index (χ0n) is 10.9. The number of nitrogens with zero attached hydrogens (tertiary/aromatic N) is 1. The van der Waals surface area contributed by atoms with Gasteiger partial charge >= 0.3 is 0 Å². The Bertz CT molecular complexity index is 425. The highest BCUT2D eigenvalue weighted by Gasteiger charge is 2.13. The molecule has 0 unspecified atom stereocenters. The number of carbonyl (C=O) groups is 1. The van der Waals surface area contributed by atoms with Gasteiger partial charge in [0.25, 0.3) is 0 Å². The number of hydrogen-bond acceptors (Lipinski definition) is 2. The first-order valence-electron chi connectivity index (χ1n) is 6.68. The van der Waals surface area contributed by atoms with Crippen molar-refractivity contribution in [2.24, 2.45) is 0 Å². The van der Waals surface area contributed by atoms with Gasteiger partial charge in [0, 0.05) is 23.6 Å². The number of piperidine rings is 1. The van der Waals surface area contributed by atoms with Crippen molar-refractivity contribution in [1.82, 2.24) is 4.90 Å². The van der Waals surface area contributed by atoms with Crippen molar-refractivity contribution in [2.75, 3.05) is 19.6 Å². The van der Waals surface area contributed by atoms with Gasteiger partial charge in [-0.1, -0.05) is 18.0 Å². The SMILES string of the molecule is Cc1cc(C(=O)CCN2CCCCC2)ccc1Cl. The molecule has 18 heavy (non-hydrogen) atoms. The van der Waals surface area contributed by atoms with Crippen molar-refractivity contribution in [3.05, 3.63) is 34.3 Å². The summed E-state index contributed by atoms with van der Waals surface area (Å²) in [7, 11) is 0. The minimum absolute atomic E-state index is 0.223. The summed E-state index contributed by atoms with van der Waals surface area (Å²) < 4.78 is 0. The molecule has 1 fully saturated rings. The zero-order valence-corrected chi connectivity index (χ0v) is 11.7. The molecule has 0 radical (unpaired) electrons. The molecule has 1 aliphatic heterocycles. The predicted molar refractivity (Wildman–Crippen MR) is 75.4 cm³/mol. The summed E-state index contributed by atoms with van der Waals surface area (Å²) in [6.45, 7) is 5.12. The molecule has 0 spiro atoms. The molecule has 0 aromatic heterocycles. The van der Waals surface area contributed by atoms with Crippen LogP contribution < -0.4 is 0 Å². The van der Waals surface area contributed by atoms with Gasteiger partial charge in [0.1, 0.15) is 0 Å². The van der Waals surface area contributed by atoms with E-state index in [9.17, 15) is 4.79 Å². The Kier molecular flexibility index (Phi) is 4.79. The van der Waals surface area contributed by atoms with Crippen LogP contribution in [0.1, 0.15) is 41.6 Å². The van der Waals surface area contributed by atoms with Crippen molar-refractivity contribution in [1.29, 1.82) is 0 Å². The molecule has 2 nitrogen and oxygen atoms in total. The third-order valence-corrected chi connectivity index (χ3v) is 4.01. The number of benzene rings is 1. The summed E-state index contributed by atoms with van der Waals surface area (Å²) in [5.74, 6) is 0.223. The van der Waals surface area contributed by atoms with E-state index in [0.717, 1.165) is 35.8 Å². The second-order valence-electron chi connectivity index (χ2n) is 5.04. The summed E-state index contributed by atoms with van der Waals surface area (Å²) in [6, 6.07) is 5.53. The third-order valence-electron chi connectivity index (χ3n) is 3.58. The highest BCUT2D eigenvalue weighted by Crippen LogP contribution is 2.17. The molecule has 2 rings (SSSR count). The monoisotopic (exact) mass is 265 g/mol. The molecule has 98 valence electrons. The van der Waals surface area contributed by atoms with Crippen molar-refractivity contribution >= 4 is 17.4 Å². The van der Waals surface area contributed by atoms with Gasteiger partial charge in [-0.15, -0.1) is 0 Å². The zero-order chi connectivity index (χ0) is 13.0. The maximum atomic E-state index is 12.1. The first kappa shape index (κ1) is 13.6. The highest BCUT2D eigenvalue weighted by atomic mass is 35.5. The molecule has 1 aromatic rings. The van der Waals surface area contributed by atoms with E-state index in [0.29, 0.717) is 6.42 Å². The molecule has 0 bridgehead atoms. The Morgan fingerprint density at radius 2 is 2.00 bits per heavy atom. The summed E-state index contributed by atoms with van der Waals surface area (Å²) >= 11 is 5.96. The van der Waals surface area contributed by atoms with Crippen LogP contribution in [0.2, 0.25) is 5.02 Å². The highest BCUT2D eigenvalue weighted by molar-refractivity contribution is 6.31. The summed E-state index contributed by atoms with van der Waals surface area (Å²) in [5.41, 5.74) is 1.76. The number of likely N-dealkylation sites (tertiary alicyclic amines) is 1. The molecular formula is C15H20ClNO. The van der Waals surface area contributed by atoms with E-state index in [1.165, 1.54) is 19.3 Å². The average Bonchev–Trinajstić information content (AvgIpc) is 2.40. The quantitative estimate of drug-likeness (QED) is 0.774. The van der Waals surface area contributed by atoms with Crippen LogP contribution in [0.3, 0.4) is 0 Å². The molecule has 3 heteroatoms. The third kappa shape index (κ3) is 3.56. The van der Waals surface area contributed by atoms with Gasteiger partial charge in [0.2, 0.25) is 0 Å². The maximum Gasteiger partial charge on any atom is 0.164 e. The lowest BCUT2D eigenvalue weighted by Gasteiger charge is -2.25. The van der Waals surface area contributed by atoms with E-state index in [1.54, 1.807) is 0 Å². The first-order valence-corrected chi connectivity index (χ1v) is 7.06. The fourth-order valence-electron chi connectivity index (χ4n) is 2.41. The van der Waals surface area contributed by atoms with Gasteiger partial charge in [-0.3, -0.25) is 4.79 Å². The lowest BCUT2D eigenvalue weighted by Crippen LogP contribution is -2.31. The van der Waals surface area contributed by atoms with Crippen molar-refractivity contribution in [3.8, 4) is 0 Å². The standard InChI is InChI=1S/C15H20ClNO/c1-12-11-13(5-6-14(12)16)15(18)7-10-17-8-3-2-4-9-17/h5-6,11H,2-4,7-10H2,1H3. The van der Waals surface area contributed by atoms with E-state index in [4.69, 9.17) is 11.6 Å². The van der Waals surface area contributed by atoms with Crippen molar-refractivity contribution in [3.63, 3.8) is 0 Å². The molecule has 1 saturated heterocycles. The number of aryl methyl sites for hydroxylation is 1. The average molecular weight is 266 g/mol. The van der Waals surface area contributed by atoms with Crippen LogP contribution in [0.25, 0.3) is 0 Å². The summed E-state index contributed by atoms with van der Waals surface area (Å²) in [6.07, 6.45) is 4.49. The Balaban J connectivity index is 1.88. The molecule has 0 N–H and O–H groups in total. The van der Waals surface area contributed by atoms with Gasteiger partial charge in [-0.25, -0.2) is 0 Å². The van der Waals surface area contributed by atoms with Crippen molar-refractivity contribution < 1.29 is 4.79 Å². The Morgan fingerprint density at radius 1 is 1.28 bits per heavy atom. The van der Waals surface area contributed by atoms with Crippen LogP contribution in [-0.2, 0) is 0 Å². The fourth-order valence-corrected chi connectivity index (χ4v) is 2.52. The van der Waals surface area contributed by atoms with Crippen LogP contribution in [0.4, 0.5) is 0 Å². The molecular weight excluding hydrogens is 246 g/mol. The van der Waals surface area contributed by atoms with Crippen LogP contribution in [0.15, 0.2) is 18.2 Å². The fraction of sp³-hybridized carbons (Fsp3) is 0.533. The molecule has 0 aliphatic carbocycles. The van der Waals surface area contributed by atoms with E-state index in [2.05, 4.69) is 4.90 Å². The number of rotatable bonds is 4. The minimum Gasteiger partial charge on any atom is -0.303 e.